The molecule has 0 aliphatic heterocycles. The molecule has 0 radical (unpaired) electrons. The van der Waals surface area contributed by atoms with E-state index in [1.165, 1.54) is 0 Å². The summed E-state index contributed by atoms with van der Waals surface area (Å²) in [5, 5.41) is 0. The summed E-state index contributed by atoms with van der Waals surface area (Å²) in [4.78, 5) is 16.9. The van der Waals surface area contributed by atoms with E-state index in [1.807, 2.05) is 0 Å². The lowest BCUT2D eigenvalue weighted by molar-refractivity contribution is -0.396. The van der Waals surface area contributed by atoms with Crippen LogP contribution in [0, 0.1) is 11.8 Å². The van der Waals surface area contributed by atoms with Crippen molar-refractivity contribution in [1.82, 2.24) is 29.9 Å². The lowest BCUT2D eigenvalue weighted by atomic mass is 9.49. The fraction of sp³-hybridized carbons (Fsp3) is 0.850. The van der Waals surface area contributed by atoms with Gasteiger partial charge >= 0.3 is 120 Å². The first-order valence-corrected chi connectivity index (χ1v) is 23.6. The first-order valence-electron chi connectivity index (χ1n) is 23.6. The topological polar surface area (TPSA) is 121 Å². The fourth-order valence-corrected chi connectivity index (χ4v) is 9.63. The van der Waals surface area contributed by atoms with Gasteiger partial charge in [0.15, 0.2) is 26.4 Å². The highest BCUT2D eigenvalue weighted by atomic mass is 19.5. The quantitative estimate of drug-likeness (QED) is 0.0834. The van der Waals surface area contributed by atoms with Crippen molar-refractivity contribution in [3.05, 3.63) is 0 Å². The summed E-state index contributed by atoms with van der Waals surface area (Å²) < 4.78 is 545. The van der Waals surface area contributed by atoms with Crippen LogP contribution in [0.3, 0.4) is 0 Å². The molecule has 0 unspecified atom stereocenters. The molecule has 2 aromatic rings. The number of nitrogens with zero attached hydrogens (tertiary/aromatic N) is 8. The van der Waals surface area contributed by atoms with Gasteiger partial charge in [-0.15, -0.1) is 9.97 Å². The van der Waals surface area contributed by atoms with Crippen LogP contribution in [-0.4, -0.2) is 177 Å². The van der Waals surface area contributed by atoms with Crippen LogP contribution in [0.2, 0.25) is 0 Å². The Labute approximate surface area is 471 Å². The zero-order chi connectivity index (χ0) is 69.7. The molecule has 50 heteroatoms. The van der Waals surface area contributed by atoms with Crippen LogP contribution in [0.4, 0.5) is 179 Å². The lowest BCUT2D eigenvalue weighted by Crippen LogP contribution is -2.71. The summed E-state index contributed by atoms with van der Waals surface area (Å²) in [7, 11) is 0. The zero-order valence-electron chi connectivity index (χ0n) is 42.6. The SMILES string of the molecule is FC(F)(F)C(F)(F)COc1nc(OCC(F)(F)C(F)(F)F)nc(N(CCC(F)(F)C(F)(F)C(F)(F)C(F)(F)F)C23CC4CC(C2)CC(N(CCC(F)(F)C(F)(F)C(F)(F)C(F)(F)F)c2nc(OCC(F)(F)C(F)(F)F)nc(OCC(F)(F)C(F)(F)F)n2)(C4)C3)n1. The van der Waals surface area contributed by atoms with Gasteiger partial charge < -0.3 is 28.7 Å². The van der Waals surface area contributed by atoms with Crippen molar-refractivity contribution in [2.45, 2.75) is 159 Å². The van der Waals surface area contributed by atoms with Gasteiger partial charge in [-0.2, -0.15) is 187 Å². The number of rotatable bonds is 26. The molecule has 0 amide bonds. The first-order chi connectivity index (χ1) is 39.8. The number of anilines is 2. The van der Waals surface area contributed by atoms with Crippen molar-refractivity contribution >= 4 is 11.9 Å². The molecule has 0 N–H and O–H groups in total. The molecule has 12 nitrogen and oxygen atoms in total. The minimum atomic E-state index is -7.84. The van der Waals surface area contributed by atoms with Crippen LogP contribution >= 0.6 is 0 Å². The molecule has 6 rings (SSSR count). The largest absolute Gasteiger partial charge is 0.460 e. The van der Waals surface area contributed by atoms with Crippen LogP contribution < -0.4 is 28.7 Å². The predicted octanol–water partition coefficient (Wildman–Crippen LogP) is 14.5. The highest BCUT2D eigenvalue weighted by Crippen LogP contribution is 2.64. The Bertz CT molecular complexity index is 2540. The summed E-state index contributed by atoms with van der Waals surface area (Å²) in [5.74, 6) is -77.3. The van der Waals surface area contributed by atoms with Gasteiger partial charge in [0, 0.05) is 37.0 Å². The van der Waals surface area contributed by atoms with Crippen molar-refractivity contribution in [1.29, 1.82) is 0 Å². The highest BCUT2D eigenvalue weighted by Gasteiger charge is 2.83. The Balaban J connectivity index is 1.87. The molecule has 2 aromatic heterocycles. The third-order valence-electron chi connectivity index (χ3n) is 13.7. The van der Waals surface area contributed by atoms with Crippen molar-refractivity contribution in [3.63, 3.8) is 0 Å². The second-order valence-electron chi connectivity index (χ2n) is 20.3. The van der Waals surface area contributed by atoms with E-state index in [1.54, 1.807) is 0 Å². The summed E-state index contributed by atoms with van der Waals surface area (Å²) in [6.07, 6.45) is -55.7. The Morgan fingerprint density at radius 1 is 0.300 bits per heavy atom. The normalized spacial score (nSPS) is 21.6. The maximum Gasteiger partial charge on any atom is 0.460 e. The molecular weight excluding hydrogens is 1380 g/mol. The molecular formula is C40H30F38N8O4. The third kappa shape index (κ3) is 14.4. The van der Waals surface area contributed by atoms with E-state index in [4.69, 9.17) is 0 Å². The maximum absolute atomic E-state index is 15.6. The third-order valence-corrected chi connectivity index (χ3v) is 13.7. The van der Waals surface area contributed by atoms with E-state index >= 15 is 17.6 Å². The van der Waals surface area contributed by atoms with Crippen LogP contribution in [0.1, 0.15) is 51.4 Å². The molecule has 0 aromatic carbocycles. The molecule has 4 fully saturated rings. The van der Waals surface area contributed by atoms with E-state index in [-0.39, 0.29) is 9.80 Å². The average molecular weight is 1410 g/mol. The Hall–Kier alpha value is -5.84. The molecule has 90 heavy (non-hydrogen) atoms. The second-order valence-corrected chi connectivity index (χ2v) is 20.3. The molecule has 0 spiro atoms. The molecule has 4 aliphatic carbocycles. The summed E-state index contributed by atoms with van der Waals surface area (Å²) in [6.45, 7) is -17.9. The van der Waals surface area contributed by atoms with Crippen LogP contribution in [0.5, 0.6) is 24.0 Å². The van der Waals surface area contributed by atoms with E-state index in [2.05, 4.69) is 48.9 Å². The van der Waals surface area contributed by atoms with Crippen LogP contribution in [0.15, 0.2) is 0 Å². The van der Waals surface area contributed by atoms with Gasteiger partial charge in [-0.3, -0.25) is 0 Å². The number of alkyl halides is 38. The van der Waals surface area contributed by atoms with Crippen LogP contribution in [0.25, 0.3) is 0 Å². The van der Waals surface area contributed by atoms with Gasteiger partial charge in [-0.05, 0) is 50.4 Å². The van der Waals surface area contributed by atoms with Crippen molar-refractivity contribution in [3.8, 4) is 24.0 Å². The zero-order valence-corrected chi connectivity index (χ0v) is 42.6. The molecule has 0 saturated heterocycles. The van der Waals surface area contributed by atoms with E-state index in [9.17, 15) is 149 Å². The van der Waals surface area contributed by atoms with E-state index < -0.39 is 246 Å². The van der Waals surface area contributed by atoms with Gasteiger partial charge in [0.1, 0.15) is 0 Å². The minimum absolute atomic E-state index is 0.347. The monoisotopic (exact) mass is 1410 g/mol. The van der Waals surface area contributed by atoms with Gasteiger partial charge in [0.05, 0.1) is 0 Å². The summed E-state index contributed by atoms with van der Waals surface area (Å²) in [5.41, 5.74) is -6.10. The summed E-state index contributed by atoms with van der Waals surface area (Å²) in [6, 6.07) is -9.34. The van der Waals surface area contributed by atoms with Crippen LogP contribution in [-0.2, 0) is 0 Å². The second kappa shape index (κ2) is 23.0. The molecule has 4 bridgehead atoms. The van der Waals surface area contributed by atoms with Gasteiger partial charge in [-0.25, -0.2) is 0 Å². The van der Waals surface area contributed by atoms with Crippen molar-refractivity contribution in [2.24, 2.45) is 11.8 Å². The van der Waals surface area contributed by atoms with Gasteiger partial charge in [0.2, 0.25) is 11.9 Å². The maximum atomic E-state index is 15.6. The minimum Gasteiger partial charge on any atom is -0.456 e. The average Bonchev–Trinajstić information content (AvgIpc) is 3.33. The number of ether oxygens (including phenoxy) is 4. The molecule has 4 saturated carbocycles. The fourth-order valence-electron chi connectivity index (χ4n) is 9.63. The number of halogens is 38. The Kier molecular flexibility index (Phi) is 19.2. The smallest absolute Gasteiger partial charge is 0.456 e. The standard InChI is InChI=1S/C40H30F38N8O4/c41-25(42,31(53,54)33(57,58)39(73,74)75)1-3-85(17-79-19(87-11-27(45,46)35(61,62)63)83-20(80-17)88-12-28(47,48)36(64,65)66)23-6-15-5-16(7-23)9-24(8-15,10-23)86(4-2-26(43,44)32(55,56)34(59,60)40(76,77)78)18-81-21(89-13-29(49,50)37(67,68)69)84-22(82-18)90-14-30(51,52)38(70,71)72/h15-16H,1-14H2. The Morgan fingerprint density at radius 3 is 0.722 bits per heavy atom. The van der Waals surface area contributed by atoms with Crippen molar-refractivity contribution in [2.75, 3.05) is 49.3 Å². The number of aromatic nitrogens is 6. The molecule has 2 heterocycles. The summed E-state index contributed by atoms with van der Waals surface area (Å²) >= 11 is 0. The Morgan fingerprint density at radius 2 is 0.522 bits per heavy atom. The van der Waals surface area contributed by atoms with Gasteiger partial charge in [-0.1, -0.05) is 0 Å². The van der Waals surface area contributed by atoms with Crippen molar-refractivity contribution < 1.29 is 186 Å². The molecule has 520 valence electrons. The number of hydrogen-bond acceptors (Lipinski definition) is 12. The highest BCUT2D eigenvalue weighted by molar-refractivity contribution is 5.45. The molecule has 4 aliphatic rings. The number of hydrogen-bond donors (Lipinski definition) is 0. The van der Waals surface area contributed by atoms with E-state index in [0.717, 1.165) is 0 Å². The first kappa shape index (κ1) is 74.9. The molecule has 0 atom stereocenters. The lowest BCUT2D eigenvalue weighted by Gasteiger charge is -2.67. The van der Waals surface area contributed by atoms with E-state index in [0.29, 0.717) is 0 Å². The van der Waals surface area contributed by atoms with Gasteiger partial charge in [0.25, 0.3) is 0 Å². The predicted molar refractivity (Wildman–Crippen MR) is 212 cm³/mol.